The van der Waals surface area contributed by atoms with Crippen LogP contribution in [0.5, 0.6) is 5.75 Å². The zero-order valence-corrected chi connectivity index (χ0v) is 20.5. The standard InChI is InChI=1S/C29H33N3O4/c1-2-3-5-10-26(33)32-27(29(35)31-19-21-11-13-24(14-12-21)28(30)34)23-15-17-25(18-16-23)36-20-22-8-6-4-7-9-22/h4,6-9,11-18,27H,2-3,5,10,19-20H2,1H3,(H2,30,34)(H,31,35)(H,32,33)/t27-/m1/s1. The van der Waals surface area contributed by atoms with E-state index in [2.05, 4.69) is 17.6 Å². The van der Waals surface area contributed by atoms with E-state index in [1.165, 1.54) is 0 Å². The Morgan fingerprint density at radius 3 is 2.19 bits per heavy atom. The molecule has 3 aromatic carbocycles. The molecule has 0 saturated heterocycles. The highest BCUT2D eigenvalue weighted by atomic mass is 16.5. The number of carbonyl (C=O) groups excluding carboxylic acids is 3. The number of benzene rings is 3. The van der Waals surface area contributed by atoms with Gasteiger partial charge in [0.15, 0.2) is 0 Å². The van der Waals surface area contributed by atoms with Crippen LogP contribution >= 0.6 is 0 Å². The molecule has 0 radical (unpaired) electrons. The maximum Gasteiger partial charge on any atom is 0.248 e. The van der Waals surface area contributed by atoms with Gasteiger partial charge in [-0.1, -0.05) is 74.4 Å². The van der Waals surface area contributed by atoms with Crippen molar-refractivity contribution in [1.82, 2.24) is 10.6 Å². The van der Waals surface area contributed by atoms with E-state index in [9.17, 15) is 14.4 Å². The predicted molar refractivity (Wildman–Crippen MR) is 139 cm³/mol. The summed E-state index contributed by atoms with van der Waals surface area (Å²) in [6.07, 6.45) is 3.11. The third-order valence-corrected chi connectivity index (χ3v) is 5.74. The number of rotatable bonds is 13. The lowest BCUT2D eigenvalue weighted by molar-refractivity contribution is -0.129. The Kier molecular flexibility index (Phi) is 10.1. The molecular formula is C29H33N3O4. The van der Waals surface area contributed by atoms with E-state index < -0.39 is 11.9 Å². The molecular weight excluding hydrogens is 454 g/mol. The maximum absolute atomic E-state index is 13.1. The Balaban J connectivity index is 1.67. The summed E-state index contributed by atoms with van der Waals surface area (Å²) in [5.74, 6) is -0.326. The van der Waals surface area contributed by atoms with Crippen LogP contribution in [0, 0.1) is 0 Å². The van der Waals surface area contributed by atoms with Crippen LogP contribution < -0.4 is 21.1 Å². The van der Waals surface area contributed by atoms with Gasteiger partial charge in [-0.3, -0.25) is 14.4 Å². The molecule has 7 heteroatoms. The molecule has 0 spiro atoms. The molecule has 0 unspecified atom stereocenters. The first-order chi connectivity index (χ1) is 17.5. The second-order valence-corrected chi connectivity index (χ2v) is 8.58. The van der Waals surface area contributed by atoms with E-state index in [1.54, 1.807) is 48.5 Å². The van der Waals surface area contributed by atoms with Crippen molar-refractivity contribution in [3.8, 4) is 5.75 Å². The first-order valence-corrected chi connectivity index (χ1v) is 12.2. The Morgan fingerprint density at radius 1 is 0.861 bits per heavy atom. The molecule has 3 rings (SSSR count). The molecule has 0 fully saturated rings. The summed E-state index contributed by atoms with van der Waals surface area (Å²) in [7, 11) is 0. The van der Waals surface area contributed by atoms with Crippen molar-refractivity contribution in [1.29, 1.82) is 0 Å². The van der Waals surface area contributed by atoms with Gasteiger partial charge in [-0.2, -0.15) is 0 Å². The van der Waals surface area contributed by atoms with Gasteiger partial charge in [0.25, 0.3) is 0 Å². The molecule has 0 heterocycles. The largest absolute Gasteiger partial charge is 0.489 e. The number of ether oxygens (including phenoxy) is 1. The van der Waals surface area contributed by atoms with Gasteiger partial charge >= 0.3 is 0 Å². The highest BCUT2D eigenvalue weighted by molar-refractivity contribution is 5.92. The molecule has 0 aromatic heterocycles. The molecule has 0 aliphatic rings. The van der Waals surface area contributed by atoms with Gasteiger partial charge in [-0.15, -0.1) is 0 Å². The van der Waals surface area contributed by atoms with Crippen molar-refractivity contribution < 1.29 is 19.1 Å². The Morgan fingerprint density at radius 2 is 1.56 bits per heavy atom. The number of nitrogens with one attached hydrogen (secondary N) is 2. The fourth-order valence-electron chi connectivity index (χ4n) is 3.64. The van der Waals surface area contributed by atoms with Crippen molar-refractivity contribution in [2.45, 2.75) is 51.8 Å². The van der Waals surface area contributed by atoms with Gasteiger partial charge in [-0.05, 0) is 47.4 Å². The summed E-state index contributed by atoms with van der Waals surface area (Å²) in [6.45, 7) is 2.76. The van der Waals surface area contributed by atoms with Crippen molar-refractivity contribution in [2.75, 3.05) is 0 Å². The summed E-state index contributed by atoms with van der Waals surface area (Å²) >= 11 is 0. The normalized spacial score (nSPS) is 11.4. The summed E-state index contributed by atoms with van der Waals surface area (Å²) < 4.78 is 5.84. The van der Waals surface area contributed by atoms with E-state index >= 15 is 0 Å². The third-order valence-electron chi connectivity index (χ3n) is 5.74. The summed E-state index contributed by atoms with van der Waals surface area (Å²) in [4.78, 5) is 36.9. The Bertz CT molecular complexity index is 1130. The van der Waals surface area contributed by atoms with E-state index in [-0.39, 0.29) is 18.4 Å². The Labute approximate surface area is 212 Å². The van der Waals surface area contributed by atoms with Gasteiger partial charge < -0.3 is 21.1 Å². The minimum absolute atomic E-state index is 0.168. The molecule has 1 atom stereocenters. The summed E-state index contributed by atoms with van der Waals surface area (Å²) in [6, 6.07) is 22.9. The lowest BCUT2D eigenvalue weighted by Gasteiger charge is -2.19. The molecule has 188 valence electrons. The molecule has 0 bridgehead atoms. The third kappa shape index (κ3) is 8.27. The second-order valence-electron chi connectivity index (χ2n) is 8.58. The molecule has 7 nitrogen and oxygen atoms in total. The smallest absolute Gasteiger partial charge is 0.248 e. The van der Waals surface area contributed by atoms with Crippen molar-refractivity contribution in [3.05, 3.63) is 101 Å². The first-order valence-electron chi connectivity index (χ1n) is 12.2. The van der Waals surface area contributed by atoms with Gasteiger partial charge in [0.1, 0.15) is 18.4 Å². The first kappa shape index (κ1) is 26.5. The SMILES string of the molecule is CCCCCC(=O)N[C@@H](C(=O)NCc1ccc(C(N)=O)cc1)c1ccc(OCc2ccccc2)cc1. The number of amides is 3. The monoisotopic (exact) mass is 487 g/mol. The fourth-order valence-corrected chi connectivity index (χ4v) is 3.64. The zero-order valence-electron chi connectivity index (χ0n) is 20.5. The average Bonchev–Trinajstić information content (AvgIpc) is 2.90. The van der Waals surface area contributed by atoms with E-state index in [4.69, 9.17) is 10.5 Å². The molecule has 3 aromatic rings. The minimum Gasteiger partial charge on any atom is -0.489 e. The zero-order chi connectivity index (χ0) is 25.8. The molecule has 36 heavy (non-hydrogen) atoms. The number of nitrogens with two attached hydrogens (primary N) is 1. The summed E-state index contributed by atoms with van der Waals surface area (Å²) in [5, 5.41) is 5.76. The van der Waals surface area contributed by atoms with Gasteiger partial charge in [0.05, 0.1) is 0 Å². The molecule has 4 N–H and O–H groups in total. The van der Waals surface area contributed by atoms with E-state index in [1.807, 2.05) is 30.3 Å². The van der Waals surface area contributed by atoms with Crippen LogP contribution in [0.3, 0.4) is 0 Å². The maximum atomic E-state index is 13.1. The number of unbranched alkanes of at least 4 members (excludes halogenated alkanes) is 2. The van der Waals surface area contributed by atoms with Crippen LogP contribution in [0.4, 0.5) is 0 Å². The predicted octanol–water partition coefficient (Wildman–Crippen LogP) is 4.42. The second kappa shape index (κ2) is 13.7. The fraction of sp³-hybridized carbons (Fsp3) is 0.276. The lowest BCUT2D eigenvalue weighted by Crippen LogP contribution is -2.40. The van der Waals surface area contributed by atoms with E-state index in [0.717, 1.165) is 30.4 Å². The van der Waals surface area contributed by atoms with E-state index in [0.29, 0.717) is 29.9 Å². The minimum atomic E-state index is -0.841. The molecule has 0 aliphatic heterocycles. The highest BCUT2D eigenvalue weighted by Crippen LogP contribution is 2.20. The van der Waals surface area contributed by atoms with Gasteiger partial charge in [0.2, 0.25) is 17.7 Å². The molecule has 0 saturated carbocycles. The van der Waals surface area contributed by atoms with Crippen LogP contribution in [-0.4, -0.2) is 17.7 Å². The lowest BCUT2D eigenvalue weighted by atomic mass is 10.0. The highest BCUT2D eigenvalue weighted by Gasteiger charge is 2.22. The Hall–Kier alpha value is -4.13. The number of primary amides is 1. The van der Waals surface area contributed by atoms with Crippen LogP contribution in [0.15, 0.2) is 78.9 Å². The van der Waals surface area contributed by atoms with Crippen LogP contribution in [-0.2, 0) is 22.7 Å². The quantitative estimate of drug-likeness (QED) is 0.310. The number of hydrogen-bond acceptors (Lipinski definition) is 4. The van der Waals surface area contributed by atoms with Crippen molar-refractivity contribution >= 4 is 17.7 Å². The average molecular weight is 488 g/mol. The van der Waals surface area contributed by atoms with Crippen molar-refractivity contribution in [3.63, 3.8) is 0 Å². The molecule has 0 aliphatic carbocycles. The van der Waals surface area contributed by atoms with Gasteiger partial charge in [0, 0.05) is 18.5 Å². The number of carbonyl (C=O) groups is 3. The van der Waals surface area contributed by atoms with Crippen LogP contribution in [0.1, 0.15) is 65.7 Å². The molecule has 3 amide bonds. The van der Waals surface area contributed by atoms with Crippen LogP contribution in [0.2, 0.25) is 0 Å². The number of hydrogen-bond donors (Lipinski definition) is 3. The summed E-state index contributed by atoms with van der Waals surface area (Å²) in [5.41, 5.74) is 8.21. The van der Waals surface area contributed by atoms with Crippen molar-refractivity contribution in [2.24, 2.45) is 5.73 Å². The van der Waals surface area contributed by atoms with Gasteiger partial charge in [-0.25, -0.2) is 0 Å². The van der Waals surface area contributed by atoms with Crippen LogP contribution in [0.25, 0.3) is 0 Å². The topological polar surface area (TPSA) is 111 Å².